The number of phenols is 1. The van der Waals surface area contributed by atoms with Gasteiger partial charge < -0.3 is 24.2 Å². The Morgan fingerprint density at radius 3 is 2.70 bits per heavy atom. The fourth-order valence-electron chi connectivity index (χ4n) is 4.51. The van der Waals surface area contributed by atoms with Crippen molar-refractivity contribution in [3.05, 3.63) is 30.0 Å². The van der Waals surface area contributed by atoms with E-state index < -0.39 is 5.60 Å². The maximum Gasteiger partial charge on any atom is 0.410 e. The Balaban J connectivity index is 1.48. The average Bonchev–Trinajstić information content (AvgIpc) is 3.09. The van der Waals surface area contributed by atoms with E-state index in [9.17, 15) is 9.90 Å². The number of benzene rings is 1. The highest BCUT2D eigenvalue weighted by molar-refractivity contribution is 5.87. The van der Waals surface area contributed by atoms with Crippen LogP contribution >= 0.6 is 0 Å². The van der Waals surface area contributed by atoms with E-state index in [0.29, 0.717) is 19.7 Å². The fraction of sp³-hybridized carbons (Fsp3) is 0.565. The highest BCUT2D eigenvalue weighted by Crippen LogP contribution is 2.46. The second kappa shape index (κ2) is 7.61. The van der Waals surface area contributed by atoms with Crippen LogP contribution < -0.4 is 4.74 Å². The van der Waals surface area contributed by atoms with Gasteiger partial charge in [-0.3, -0.25) is 4.98 Å². The van der Waals surface area contributed by atoms with Crippen molar-refractivity contribution in [3.8, 4) is 11.5 Å². The first-order valence-electron chi connectivity index (χ1n) is 10.5. The maximum absolute atomic E-state index is 12.4. The number of fused-ring (bicyclic) bond motifs is 1. The third kappa shape index (κ3) is 4.03. The number of carbonyl (C=O) groups excluding carboxylic acids is 1. The van der Waals surface area contributed by atoms with Gasteiger partial charge in [0.15, 0.2) is 0 Å². The summed E-state index contributed by atoms with van der Waals surface area (Å²) in [4.78, 5) is 18.7. The van der Waals surface area contributed by atoms with Gasteiger partial charge in [-0.25, -0.2) is 4.79 Å². The summed E-state index contributed by atoms with van der Waals surface area (Å²) in [6, 6.07) is 5.10. The molecule has 2 aliphatic rings. The molecule has 1 aromatic heterocycles. The number of rotatable bonds is 2. The van der Waals surface area contributed by atoms with Crippen LogP contribution in [0.1, 0.15) is 51.5 Å². The number of ether oxygens (including phenoxy) is 3. The number of piperidine rings is 1. The SMILES string of the molecule is COc1c(C2COC3(CCN(C(=O)OC(C)(C)C)CC3)C2)cnc2ccc(O)cc12. The summed E-state index contributed by atoms with van der Waals surface area (Å²) >= 11 is 0. The molecule has 4 rings (SSSR count). The van der Waals surface area contributed by atoms with Crippen LogP contribution in [0.3, 0.4) is 0 Å². The van der Waals surface area contributed by atoms with Crippen molar-refractivity contribution in [2.75, 3.05) is 26.8 Å². The first-order valence-corrected chi connectivity index (χ1v) is 10.5. The molecular formula is C23H30N2O5. The van der Waals surface area contributed by atoms with Crippen LogP contribution in [0, 0.1) is 0 Å². The molecule has 30 heavy (non-hydrogen) atoms. The topological polar surface area (TPSA) is 81.1 Å². The number of likely N-dealkylation sites (tertiary alicyclic amines) is 1. The summed E-state index contributed by atoms with van der Waals surface area (Å²) in [6.07, 6.45) is 4.03. The third-order valence-corrected chi connectivity index (χ3v) is 6.01. The van der Waals surface area contributed by atoms with Gasteiger partial charge in [0.1, 0.15) is 17.1 Å². The van der Waals surface area contributed by atoms with Crippen molar-refractivity contribution in [2.45, 2.75) is 57.2 Å². The van der Waals surface area contributed by atoms with Crippen molar-refractivity contribution in [1.29, 1.82) is 0 Å². The second-order valence-corrected chi connectivity index (χ2v) is 9.31. The Kier molecular flexibility index (Phi) is 5.26. The molecule has 2 fully saturated rings. The van der Waals surface area contributed by atoms with Crippen LogP contribution in [0.25, 0.3) is 10.9 Å². The second-order valence-electron chi connectivity index (χ2n) is 9.31. The predicted octanol–water partition coefficient (Wildman–Crippen LogP) is 4.22. The number of pyridine rings is 1. The van der Waals surface area contributed by atoms with Gasteiger partial charge in [-0.15, -0.1) is 0 Å². The molecule has 2 saturated heterocycles. The third-order valence-electron chi connectivity index (χ3n) is 6.01. The molecule has 7 heteroatoms. The average molecular weight is 415 g/mol. The lowest BCUT2D eigenvalue weighted by atomic mass is 9.83. The summed E-state index contributed by atoms with van der Waals surface area (Å²) < 4.78 is 17.5. The molecular weight excluding hydrogens is 384 g/mol. The molecule has 1 unspecified atom stereocenters. The molecule has 3 heterocycles. The highest BCUT2D eigenvalue weighted by Gasteiger charge is 2.45. The van der Waals surface area contributed by atoms with Gasteiger partial charge in [-0.2, -0.15) is 0 Å². The van der Waals surface area contributed by atoms with Crippen LogP contribution in [0.4, 0.5) is 4.79 Å². The highest BCUT2D eigenvalue weighted by atomic mass is 16.6. The van der Waals surface area contributed by atoms with E-state index in [4.69, 9.17) is 14.2 Å². The quantitative estimate of drug-likeness (QED) is 0.792. The molecule has 1 N–H and O–H groups in total. The number of amides is 1. The minimum atomic E-state index is -0.491. The molecule has 2 aromatic rings. The minimum Gasteiger partial charge on any atom is -0.508 e. The summed E-state index contributed by atoms with van der Waals surface area (Å²) in [7, 11) is 1.65. The van der Waals surface area contributed by atoms with E-state index in [2.05, 4.69) is 4.98 Å². The van der Waals surface area contributed by atoms with Gasteiger partial charge in [0.2, 0.25) is 0 Å². The Bertz CT molecular complexity index is 944. The van der Waals surface area contributed by atoms with Crippen molar-refractivity contribution < 1.29 is 24.1 Å². The molecule has 1 spiro atoms. The van der Waals surface area contributed by atoms with Crippen LogP contribution in [-0.4, -0.2) is 59.1 Å². The first kappa shape index (κ1) is 20.7. The number of phenolic OH excluding ortho intramolecular Hbond substituents is 1. The maximum atomic E-state index is 12.4. The van der Waals surface area contributed by atoms with Gasteiger partial charge in [0.05, 0.1) is 24.8 Å². The van der Waals surface area contributed by atoms with E-state index in [-0.39, 0.29) is 23.4 Å². The molecule has 1 atom stereocenters. The van der Waals surface area contributed by atoms with Crippen LogP contribution in [0.5, 0.6) is 11.5 Å². The Morgan fingerprint density at radius 1 is 1.30 bits per heavy atom. The normalized spacial score (nSPS) is 21.2. The van der Waals surface area contributed by atoms with E-state index in [1.165, 1.54) is 0 Å². The summed E-state index contributed by atoms with van der Waals surface area (Å²) in [6.45, 7) is 7.49. The molecule has 7 nitrogen and oxygen atoms in total. The summed E-state index contributed by atoms with van der Waals surface area (Å²) in [5.74, 6) is 1.09. The van der Waals surface area contributed by atoms with Gasteiger partial charge in [0.25, 0.3) is 0 Å². The van der Waals surface area contributed by atoms with E-state index in [1.807, 2.05) is 27.0 Å². The Hall–Kier alpha value is -2.54. The first-order chi connectivity index (χ1) is 14.2. The van der Waals surface area contributed by atoms with Gasteiger partial charge in [-0.05, 0) is 58.2 Å². The zero-order valence-corrected chi connectivity index (χ0v) is 18.1. The Morgan fingerprint density at radius 2 is 2.03 bits per heavy atom. The molecule has 0 saturated carbocycles. The molecule has 0 aliphatic carbocycles. The van der Waals surface area contributed by atoms with Crippen LogP contribution in [0.15, 0.2) is 24.4 Å². The molecule has 1 aromatic carbocycles. The van der Waals surface area contributed by atoms with Gasteiger partial charge in [0, 0.05) is 36.2 Å². The molecule has 2 aliphatic heterocycles. The lowest BCUT2D eigenvalue weighted by Crippen LogP contribution is -2.47. The smallest absolute Gasteiger partial charge is 0.410 e. The zero-order chi connectivity index (χ0) is 21.5. The Labute approximate surface area is 176 Å². The molecule has 1 amide bonds. The number of nitrogens with zero attached hydrogens (tertiary/aromatic N) is 2. The zero-order valence-electron chi connectivity index (χ0n) is 18.1. The lowest BCUT2D eigenvalue weighted by molar-refractivity contribution is -0.0485. The van der Waals surface area contributed by atoms with Crippen LogP contribution in [0.2, 0.25) is 0 Å². The fourth-order valence-corrected chi connectivity index (χ4v) is 4.51. The van der Waals surface area contributed by atoms with Gasteiger partial charge >= 0.3 is 6.09 Å². The van der Waals surface area contributed by atoms with Crippen molar-refractivity contribution in [3.63, 3.8) is 0 Å². The monoisotopic (exact) mass is 414 g/mol. The number of methoxy groups -OCH3 is 1. The molecule has 0 bridgehead atoms. The number of hydrogen-bond donors (Lipinski definition) is 1. The minimum absolute atomic E-state index is 0.160. The van der Waals surface area contributed by atoms with E-state index in [0.717, 1.165) is 41.5 Å². The molecule has 0 radical (unpaired) electrons. The summed E-state index contributed by atoms with van der Waals surface area (Å²) in [5, 5.41) is 10.7. The largest absolute Gasteiger partial charge is 0.508 e. The molecule has 162 valence electrons. The predicted molar refractivity (Wildman–Crippen MR) is 113 cm³/mol. The number of aromatic nitrogens is 1. The summed E-state index contributed by atoms with van der Waals surface area (Å²) in [5.41, 5.74) is 1.06. The van der Waals surface area contributed by atoms with E-state index >= 15 is 0 Å². The number of hydrogen-bond acceptors (Lipinski definition) is 6. The van der Waals surface area contributed by atoms with Crippen molar-refractivity contribution in [1.82, 2.24) is 9.88 Å². The van der Waals surface area contributed by atoms with Crippen molar-refractivity contribution >= 4 is 17.0 Å². The van der Waals surface area contributed by atoms with Crippen LogP contribution in [-0.2, 0) is 9.47 Å². The van der Waals surface area contributed by atoms with Crippen molar-refractivity contribution in [2.24, 2.45) is 0 Å². The van der Waals surface area contributed by atoms with E-state index in [1.54, 1.807) is 30.2 Å². The number of aromatic hydroxyl groups is 1. The van der Waals surface area contributed by atoms with Gasteiger partial charge in [-0.1, -0.05) is 0 Å². The number of carbonyl (C=O) groups is 1. The lowest BCUT2D eigenvalue weighted by Gasteiger charge is -2.39. The standard InChI is InChI=1S/C23H30N2O5/c1-22(2,3)30-21(27)25-9-7-23(8-10-25)12-15(14-29-23)18-13-24-19-6-5-16(26)11-17(19)20(18)28-4/h5-6,11,13,15,26H,7-10,12,14H2,1-4H3.